The second-order valence-electron chi connectivity index (χ2n) is 5.83. The molecule has 0 bridgehead atoms. The Bertz CT molecular complexity index is 1220. The van der Waals surface area contributed by atoms with Crippen LogP contribution < -0.4 is 17.0 Å². The minimum absolute atomic E-state index is 0. The van der Waals surface area contributed by atoms with Crippen molar-refractivity contribution in [1.29, 1.82) is 0 Å². The number of hydrogen-bond donors (Lipinski definition) is 1. The van der Waals surface area contributed by atoms with Gasteiger partial charge in [-0.3, -0.25) is 9.59 Å². The van der Waals surface area contributed by atoms with E-state index in [1.807, 2.05) is 5.92 Å². The number of carbonyl (C=O) groups is 2. The molecule has 1 atom stereocenters. The molecule has 0 aliphatic rings. The summed E-state index contributed by atoms with van der Waals surface area (Å²) in [6, 6.07) is 15.9. The fourth-order valence-electron chi connectivity index (χ4n) is 1.97. The topological polar surface area (TPSA) is 88.5 Å². The molecule has 0 aliphatic heterocycles. The van der Waals surface area contributed by atoms with Gasteiger partial charge in [-0.1, -0.05) is 18.1 Å². The first-order chi connectivity index (χ1) is 17.2. The molecular formula is C27H18BrF3MgMnO5. The Hall–Kier alpha value is -3.20. The predicted molar refractivity (Wildman–Crippen MR) is 127 cm³/mol. The minimum atomic E-state index is -1.44. The second kappa shape index (κ2) is 26.8. The van der Waals surface area contributed by atoms with Gasteiger partial charge in [0.1, 0.15) is 29.8 Å². The first-order valence-electron chi connectivity index (χ1n) is 9.27. The molecule has 193 valence electrons. The zero-order chi connectivity index (χ0) is 27.9. The quantitative estimate of drug-likeness (QED) is 0.117. The molecule has 0 saturated heterocycles. The molecule has 1 unspecified atom stereocenters. The van der Waals surface area contributed by atoms with Gasteiger partial charge in [-0.2, -0.15) is 0 Å². The summed E-state index contributed by atoms with van der Waals surface area (Å²) in [7, 11) is 0. The van der Waals surface area contributed by atoms with Gasteiger partial charge in [-0.25, -0.2) is 13.2 Å². The number of ketones is 1. The third-order valence-electron chi connectivity index (χ3n) is 3.59. The van der Waals surface area contributed by atoms with Crippen LogP contribution in [0.15, 0.2) is 72.8 Å². The number of rotatable bonds is 3. The summed E-state index contributed by atoms with van der Waals surface area (Å²) >= 11 is -1.44. The summed E-state index contributed by atoms with van der Waals surface area (Å²) in [5.41, 5.74) is 1.37. The van der Waals surface area contributed by atoms with Gasteiger partial charge < -0.3 is 34.9 Å². The van der Waals surface area contributed by atoms with E-state index in [1.54, 1.807) is 0 Å². The number of aliphatic hydroxyl groups is 1. The molecule has 38 heavy (non-hydrogen) atoms. The van der Waals surface area contributed by atoms with E-state index in [9.17, 15) is 22.8 Å². The van der Waals surface area contributed by atoms with E-state index in [0.29, 0.717) is 23.0 Å². The van der Waals surface area contributed by atoms with Gasteiger partial charge >= 0.3 is 45.5 Å². The molecule has 0 aromatic heterocycles. The number of hydrogen-bond acceptors (Lipinski definition) is 5. The molecule has 0 spiro atoms. The van der Waals surface area contributed by atoms with Crippen molar-refractivity contribution < 1.29 is 67.3 Å². The molecule has 0 heterocycles. The number of halogens is 4. The fraction of sp³-hybridized carbons (Fsp3) is 0.0370. The first kappa shape index (κ1) is 41.9. The zero-order valence-electron chi connectivity index (χ0n) is 19.5. The normalized spacial score (nSPS) is 8.53. The molecule has 0 fully saturated rings. The summed E-state index contributed by atoms with van der Waals surface area (Å²) in [6.45, 7) is 0. The average Bonchev–Trinajstić information content (AvgIpc) is 2.91. The molecular weight excluding hydrogens is 620 g/mol. The Morgan fingerprint density at radius 3 is 1.50 bits per heavy atom. The summed E-state index contributed by atoms with van der Waals surface area (Å²) < 4.78 is 53.5. The van der Waals surface area contributed by atoms with E-state index in [-0.39, 0.29) is 57.5 Å². The fourth-order valence-corrected chi connectivity index (χ4v) is 1.97. The van der Waals surface area contributed by atoms with Crippen molar-refractivity contribution in [1.82, 2.24) is 0 Å². The van der Waals surface area contributed by atoms with Crippen molar-refractivity contribution >= 4 is 35.1 Å². The van der Waals surface area contributed by atoms with Gasteiger partial charge in [0.15, 0.2) is 0 Å². The number of Topliss-reactive ketones (excluding diaryl/α,β-unsaturated/α-hetero) is 1. The van der Waals surface area contributed by atoms with Gasteiger partial charge in [0.25, 0.3) is 0 Å². The molecule has 5 nitrogen and oxygen atoms in total. The third kappa shape index (κ3) is 19.9. The Balaban J connectivity index is -0.000000206. The van der Waals surface area contributed by atoms with Gasteiger partial charge in [-0.15, -0.1) is 12.8 Å². The van der Waals surface area contributed by atoms with Crippen LogP contribution >= 0.6 is 0 Å². The number of aldehydes is 1. The van der Waals surface area contributed by atoms with Crippen LogP contribution in [0.4, 0.5) is 13.2 Å². The maximum atomic E-state index is 12.3. The second-order valence-corrected chi connectivity index (χ2v) is 6.03. The van der Waals surface area contributed by atoms with Crippen LogP contribution in [0.1, 0.15) is 32.4 Å². The van der Waals surface area contributed by atoms with Crippen molar-refractivity contribution in [2.75, 3.05) is 0 Å². The van der Waals surface area contributed by atoms with Gasteiger partial charge in [0.2, 0.25) is 5.78 Å². The van der Waals surface area contributed by atoms with Gasteiger partial charge in [0, 0.05) is 11.1 Å². The number of carbonyl (C=O) groups excluding carboxylic acids is 2. The zero-order valence-corrected chi connectivity index (χ0v) is 23.7. The molecule has 11 heteroatoms. The van der Waals surface area contributed by atoms with E-state index in [2.05, 4.69) is 12.3 Å². The summed E-state index contributed by atoms with van der Waals surface area (Å²) in [5, 5.41) is 9.06. The summed E-state index contributed by atoms with van der Waals surface area (Å²) in [4.78, 5) is 20.8. The van der Waals surface area contributed by atoms with Crippen molar-refractivity contribution in [3.05, 3.63) is 113 Å². The Kier molecular flexibility index (Phi) is 29.6. The number of benzene rings is 3. The van der Waals surface area contributed by atoms with Crippen LogP contribution in [0, 0.1) is 55.0 Å². The SMILES string of the molecule is C#CC(=O)c1ccc(F)cc1.C#CC(O)c1ccc(F)cc1.O=Cc1ccc(F)cc1.[Br-].[C-]#C.[Mg+2].[O]=[Mn]=[O]. The molecule has 0 radical (unpaired) electrons. The standard InChI is InChI=1S/C9H7FO.C9H5FO.C7H5FO.C2H.BrH.Mg.Mn.2O/c2*1-2-9(11)7-3-5-8(10)6-4-7;8-7-3-1-6(5-9)2-4-7;1-2;;;;;/h1,3-6,9,11H;1,3-6H;1-5H;1H;1H;;;;/q;;;-1;;+2;;;/p-1. The van der Waals surface area contributed by atoms with Crippen molar-refractivity contribution in [3.8, 4) is 31.1 Å². The molecule has 3 aromatic carbocycles. The van der Waals surface area contributed by atoms with Crippen LogP contribution in [0.25, 0.3) is 0 Å². The summed E-state index contributed by atoms with van der Waals surface area (Å²) in [6.07, 6.45) is 18.5. The maximum absolute atomic E-state index is 12.3. The monoisotopic (exact) mass is 637 g/mol. The Morgan fingerprint density at radius 2 is 1.18 bits per heavy atom. The third-order valence-corrected chi connectivity index (χ3v) is 3.59. The number of aliphatic hydroxyl groups excluding tert-OH is 1. The van der Waals surface area contributed by atoms with E-state index in [4.69, 9.17) is 32.0 Å². The van der Waals surface area contributed by atoms with Crippen LogP contribution in [-0.2, 0) is 22.5 Å². The van der Waals surface area contributed by atoms with Crippen molar-refractivity contribution in [2.24, 2.45) is 0 Å². The molecule has 3 rings (SSSR count). The van der Waals surface area contributed by atoms with Crippen LogP contribution in [-0.4, -0.2) is 40.2 Å². The Morgan fingerprint density at radius 1 is 0.842 bits per heavy atom. The van der Waals surface area contributed by atoms with Crippen LogP contribution in [0.5, 0.6) is 0 Å². The summed E-state index contributed by atoms with van der Waals surface area (Å²) in [5.74, 6) is 2.62. The number of terminal acetylenes is 3. The predicted octanol–water partition coefficient (Wildman–Crippen LogP) is 1.36. The van der Waals surface area contributed by atoms with Gasteiger partial charge in [-0.05, 0) is 72.1 Å². The molecule has 1 N–H and O–H groups in total. The van der Waals surface area contributed by atoms with Crippen molar-refractivity contribution in [3.63, 3.8) is 0 Å². The van der Waals surface area contributed by atoms with E-state index < -0.39 is 26.7 Å². The van der Waals surface area contributed by atoms with E-state index >= 15 is 0 Å². The van der Waals surface area contributed by atoms with Crippen LogP contribution in [0.3, 0.4) is 0 Å². The van der Waals surface area contributed by atoms with Crippen molar-refractivity contribution in [2.45, 2.75) is 6.10 Å². The van der Waals surface area contributed by atoms with E-state index in [1.165, 1.54) is 72.8 Å². The first-order valence-corrected chi connectivity index (χ1v) is 10.2. The average molecular weight is 639 g/mol. The molecule has 0 aliphatic carbocycles. The molecule has 0 saturated carbocycles. The molecule has 3 aromatic rings. The Labute approximate surface area is 251 Å². The van der Waals surface area contributed by atoms with E-state index in [0.717, 1.165) is 0 Å². The molecule has 0 amide bonds. The van der Waals surface area contributed by atoms with Crippen LogP contribution in [0.2, 0.25) is 0 Å². The van der Waals surface area contributed by atoms with Gasteiger partial charge in [0.05, 0.1) is 0 Å².